The summed E-state index contributed by atoms with van der Waals surface area (Å²) < 4.78 is 0. The van der Waals surface area contributed by atoms with E-state index in [9.17, 15) is 4.79 Å². The highest BCUT2D eigenvalue weighted by Gasteiger charge is 2.23. The van der Waals surface area contributed by atoms with Gasteiger partial charge in [-0.3, -0.25) is 9.69 Å². The Morgan fingerprint density at radius 2 is 1.83 bits per heavy atom. The minimum Gasteiger partial charge on any atom is -0.340 e. The summed E-state index contributed by atoms with van der Waals surface area (Å²) in [4.78, 5) is 16.5. The molecule has 0 radical (unpaired) electrons. The average Bonchev–Trinajstić information content (AvgIpc) is 2.38. The topological polar surface area (TPSA) is 49.6 Å². The Morgan fingerprint density at radius 3 is 2.33 bits per heavy atom. The Balaban J connectivity index is 2.31. The fourth-order valence-electron chi connectivity index (χ4n) is 2.50. The molecule has 0 spiro atoms. The zero-order valence-corrected chi connectivity index (χ0v) is 12.2. The van der Waals surface area contributed by atoms with Gasteiger partial charge in [0.2, 0.25) is 5.91 Å². The molecule has 1 fully saturated rings. The first-order valence-electron chi connectivity index (χ1n) is 7.35. The molecule has 4 nitrogen and oxygen atoms in total. The van der Waals surface area contributed by atoms with Crippen LogP contribution in [0.3, 0.4) is 0 Å². The number of hydrogen-bond donors (Lipinski definition) is 1. The van der Waals surface area contributed by atoms with Crippen LogP contribution >= 0.6 is 0 Å². The van der Waals surface area contributed by atoms with Gasteiger partial charge in [-0.15, -0.1) is 0 Å². The lowest BCUT2D eigenvalue weighted by atomic mass is 10.1. The van der Waals surface area contributed by atoms with E-state index < -0.39 is 0 Å². The quantitative estimate of drug-likeness (QED) is 0.781. The Kier molecular flexibility index (Phi) is 6.65. The molecule has 1 aliphatic rings. The van der Waals surface area contributed by atoms with Crippen molar-refractivity contribution in [1.82, 2.24) is 9.80 Å². The van der Waals surface area contributed by atoms with E-state index in [1.165, 1.54) is 6.42 Å². The first-order chi connectivity index (χ1) is 8.58. The van der Waals surface area contributed by atoms with Gasteiger partial charge in [0, 0.05) is 44.7 Å². The monoisotopic (exact) mass is 255 g/mol. The molecule has 18 heavy (non-hydrogen) atoms. The summed E-state index contributed by atoms with van der Waals surface area (Å²) >= 11 is 0. The molecule has 4 heteroatoms. The van der Waals surface area contributed by atoms with E-state index >= 15 is 0 Å². The van der Waals surface area contributed by atoms with Crippen molar-refractivity contribution in [3.8, 4) is 0 Å². The summed E-state index contributed by atoms with van der Waals surface area (Å²) in [6.45, 7) is 10.3. The third-order valence-corrected chi connectivity index (χ3v) is 3.98. The molecule has 1 rings (SSSR count). The molecule has 0 aromatic heterocycles. The summed E-state index contributed by atoms with van der Waals surface area (Å²) in [6.07, 6.45) is 3.68. The van der Waals surface area contributed by atoms with E-state index in [1.807, 2.05) is 4.90 Å². The minimum absolute atomic E-state index is 0.0371. The van der Waals surface area contributed by atoms with E-state index in [1.54, 1.807) is 0 Å². The maximum absolute atomic E-state index is 12.1. The molecule has 106 valence electrons. The number of rotatable bonds is 6. The van der Waals surface area contributed by atoms with Crippen molar-refractivity contribution in [1.29, 1.82) is 0 Å². The van der Waals surface area contributed by atoms with Crippen LogP contribution in [0.1, 0.15) is 46.5 Å². The van der Waals surface area contributed by atoms with Crippen molar-refractivity contribution >= 4 is 5.91 Å². The third-order valence-electron chi connectivity index (χ3n) is 3.98. The molecule has 1 aliphatic heterocycles. The van der Waals surface area contributed by atoms with Crippen molar-refractivity contribution < 1.29 is 4.79 Å². The molecule has 2 N–H and O–H groups in total. The zero-order valence-electron chi connectivity index (χ0n) is 12.2. The second kappa shape index (κ2) is 7.74. The van der Waals surface area contributed by atoms with Crippen molar-refractivity contribution in [2.75, 3.05) is 26.2 Å². The summed E-state index contributed by atoms with van der Waals surface area (Å²) in [5.41, 5.74) is 5.93. The van der Waals surface area contributed by atoms with Crippen molar-refractivity contribution in [3.63, 3.8) is 0 Å². The predicted octanol–water partition coefficient (Wildman–Crippen LogP) is 1.45. The van der Waals surface area contributed by atoms with Gasteiger partial charge in [-0.2, -0.15) is 0 Å². The van der Waals surface area contributed by atoms with Crippen LogP contribution in [0.2, 0.25) is 0 Å². The largest absolute Gasteiger partial charge is 0.340 e. The second-order valence-corrected chi connectivity index (χ2v) is 5.43. The lowest BCUT2D eigenvalue weighted by Crippen LogP contribution is -2.51. The Labute approximate surface area is 111 Å². The van der Waals surface area contributed by atoms with Crippen molar-refractivity contribution in [3.05, 3.63) is 0 Å². The molecule has 2 atom stereocenters. The first kappa shape index (κ1) is 15.4. The van der Waals surface area contributed by atoms with Crippen LogP contribution in [0.15, 0.2) is 0 Å². The van der Waals surface area contributed by atoms with E-state index in [0.29, 0.717) is 12.5 Å². The van der Waals surface area contributed by atoms with Crippen LogP contribution < -0.4 is 5.73 Å². The van der Waals surface area contributed by atoms with Gasteiger partial charge in [-0.1, -0.05) is 20.3 Å². The molecular formula is C14H29N3O. The van der Waals surface area contributed by atoms with E-state index in [2.05, 4.69) is 25.7 Å². The summed E-state index contributed by atoms with van der Waals surface area (Å²) in [5.74, 6) is 0.236. The predicted molar refractivity (Wildman–Crippen MR) is 75.4 cm³/mol. The van der Waals surface area contributed by atoms with Gasteiger partial charge in [-0.25, -0.2) is 0 Å². The standard InChI is InChI=1S/C14H29N3O/c1-4-6-13(15)11-14(18)17-9-7-16(8-10-17)12(3)5-2/h12-13H,4-11,15H2,1-3H3. The Bertz CT molecular complexity index is 249. The van der Waals surface area contributed by atoms with Gasteiger partial charge in [0.15, 0.2) is 0 Å². The smallest absolute Gasteiger partial charge is 0.224 e. The molecule has 0 aromatic carbocycles. The Hall–Kier alpha value is -0.610. The number of nitrogens with zero attached hydrogens (tertiary/aromatic N) is 2. The highest BCUT2D eigenvalue weighted by Crippen LogP contribution is 2.10. The third kappa shape index (κ3) is 4.58. The molecule has 0 saturated carbocycles. The van der Waals surface area contributed by atoms with Gasteiger partial charge in [0.05, 0.1) is 0 Å². The summed E-state index contributed by atoms with van der Waals surface area (Å²) in [7, 11) is 0. The molecular weight excluding hydrogens is 226 g/mol. The molecule has 1 amide bonds. The molecule has 0 aliphatic carbocycles. The van der Waals surface area contributed by atoms with E-state index in [0.717, 1.165) is 39.0 Å². The fraction of sp³-hybridized carbons (Fsp3) is 0.929. The average molecular weight is 255 g/mol. The second-order valence-electron chi connectivity index (χ2n) is 5.43. The number of carbonyl (C=O) groups is 1. The maximum atomic E-state index is 12.1. The first-order valence-corrected chi connectivity index (χ1v) is 7.35. The van der Waals surface area contributed by atoms with Crippen molar-refractivity contribution in [2.24, 2.45) is 5.73 Å². The SMILES string of the molecule is CCCC(N)CC(=O)N1CCN(C(C)CC)CC1. The van der Waals surface area contributed by atoms with Crippen molar-refractivity contribution in [2.45, 2.75) is 58.5 Å². The van der Waals surface area contributed by atoms with Crippen LogP contribution in [0.5, 0.6) is 0 Å². The Morgan fingerprint density at radius 1 is 1.22 bits per heavy atom. The zero-order chi connectivity index (χ0) is 13.5. The molecule has 1 saturated heterocycles. The van der Waals surface area contributed by atoms with Gasteiger partial charge in [0.1, 0.15) is 0 Å². The van der Waals surface area contributed by atoms with Gasteiger partial charge in [0.25, 0.3) is 0 Å². The number of piperazine rings is 1. The van der Waals surface area contributed by atoms with Crippen LogP contribution in [0.4, 0.5) is 0 Å². The van der Waals surface area contributed by atoms with Crippen LogP contribution in [0.25, 0.3) is 0 Å². The maximum Gasteiger partial charge on any atom is 0.224 e. The fourth-order valence-corrected chi connectivity index (χ4v) is 2.50. The lowest BCUT2D eigenvalue weighted by molar-refractivity contribution is -0.133. The molecule has 1 heterocycles. The van der Waals surface area contributed by atoms with Gasteiger partial charge < -0.3 is 10.6 Å². The number of hydrogen-bond acceptors (Lipinski definition) is 3. The van der Waals surface area contributed by atoms with E-state index in [4.69, 9.17) is 5.73 Å². The van der Waals surface area contributed by atoms with Crippen LogP contribution in [-0.4, -0.2) is 54.0 Å². The van der Waals surface area contributed by atoms with Gasteiger partial charge in [-0.05, 0) is 19.8 Å². The highest BCUT2D eigenvalue weighted by molar-refractivity contribution is 5.76. The van der Waals surface area contributed by atoms with Crippen LogP contribution in [0, 0.1) is 0 Å². The number of amides is 1. The normalized spacial score (nSPS) is 20.8. The van der Waals surface area contributed by atoms with Gasteiger partial charge >= 0.3 is 0 Å². The minimum atomic E-state index is 0.0371. The summed E-state index contributed by atoms with van der Waals surface area (Å²) in [6, 6.07) is 0.666. The number of carbonyl (C=O) groups excluding carboxylic acids is 1. The molecule has 2 unspecified atom stereocenters. The van der Waals surface area contributed by atoms with E-state index in [-0.39, 0.29) is 11.9 Å². The lowest BCUT2D eigenvalue weighted by Gasteiger charge is -2.38. The summed E-state index contributed by atoms with van der Waals surface area (Å²) in [5, 5.41) is 0. The van der Waals surface area contributed by atoms with Crippen LogP contribution in [-0.2, 0) is 4.79 Å². The molecule has 0 aromatic rings. The highest BCUT2D eigenvalue weighted by atomic mass is 16.2. The number of nitrogens with two attached hydrogens (primary N) is 1. The molecule has 0 bridgehead atoms.